The monoisotopic (exact) mass is 290 g/mol. The van der Waals surface area contributed by atoms with E-state index in [-0.39, 0.29) is 12.0 Å². The van der Waals surface area contributed by atoms with Crippen LogP contribution in [0, 0.1) is 0 Å². The van der Waals surface area contributed by atoms with Crippen LogP contribution in [0.25, 0.3) is 0 Å². The van der Waals surface area contributed by atoms with E-state index < -0.39 is 0 Å². The van der Waals surface area contributed by atoms with Crippen molar-refractivity contribution in [1.82, 2.24) is 9.80 Å². The van der Waals surface area contributed by atoms with E-state index in [0.29, 0.717) is 39.5 Å². The summed E-state index contributed by atoms with van der Waals surface area (Å²) in [6.07, 6.45) is -0.333. The lowest BCUT2D eigenvalue weighted by molar-refractivity contribution is -0.153. The number of morpholine rings is 2. The number of carbonyl (C=O) groups is 1. The number of rotatable bonds is 3. The molecule has 0 N–H and O–H groups in total. The summed E-state index contributed by atoms with van der Waals surface area (Å²) in [5.74, 6) is 0.107. The third-order valence-electron chi connectivity index (χ3n) is 4.00. The molecule has 2 fully saturated rings. The van der Waals surface area contributed by atoms with Crippen molar-refractivity contribution in [3.63, 3.8) is 0 Å². The van der Waals surface area contributed by atoms with Crippen molar-refractivity contribution in [3.8, 4) is 0 Å². The second-order valence-corrected chi connectivity index (χ2v) is 5.52. The quantitative estimate of drug-likeness (QED) is 0.824. The minimum Gasteiger partial charge on any atom is -0.378 e. The van der Waals surface area contributed by atoms with Gasteiger partial charge in [0.25, 0.3) is 5.91 Å². The molecule has 0 spiro atoms. The molecule has 0 radical (unpaired) electrons. The number of amides is 1. The Bertz CT molecular complexity index is 460. The van der Waals surface area contributed by atoms with E-state index in [2.05, 4.69) is 17.0 Å². The Morgan fingerprint density at radius 2 is 1.86 bits per heavy atom. The van der Waals surface area contributed by atoms with Crippen molar-refractivity contribution < 1.29 is 14.3 Å². The molecule has 0 saturated carbocycles. The van der Waals surface area contributed by atoms with Crippen molar-refractivity contribution in [1.29, 1.82) is 0 Å². The maximum Gasteiger partial charge on any atom is 0.253 e. The minimum absolute atomic E-state index is 0.107. The first-order valence-corrected chi connectivity index (χ1v) is 7.57. The lowest BCUT2D eigenvalue weighted by atomic mass is 10.1. The zero-order valence-electron chi connectivity index (χ0n) is 12.2. The highest BCUT2D eigenvalue weighted by Gasteiger charge is 2.30. The van der Waals surface area contributed by atoms with Gasteiger partial charge in [0.05, 0.1) is 19.8 Å². The molecule has 0 unspecified atom stereocenters. The number of carbonyl (C=O) groups excluding carboxylic acids is 1. The summed E-state index contributed by atoms with van der Waals surface area (Å²) >= 11 is 0. The normalized spacial score (nSPS) is 24.0. The van der Waals surface area contributed by atoms with Crippen LogP contribution in [0.4, 0.5) is 0 Å². The fraction of sp³-hybridized carbons (Fsp3) is 0.562. The molecule has 2 saturated heterocycles. The molecule has 1 amide bonds. The maximum absolute atomic E-state index is 12.5. The van der Waals surface area contributed by atoms with Gasteiger partial charge in [-0.1, -0.05) is 30.3 Å². The van der Waals surface area contributed by atoms with Gasteiger partial charge in [-0.3, -0.25) is 9.69 Å². The van der Waals surface area contributed by atoms with Crippen LogP contribution in [-0.2, 0) is 20.8 Å². The number of benzene rings is 1. The van der Waals surface area contributed by atoms with Crippen molar-refractivity contribution in [2.45, 2.75) is 12.6 Å². The molecule has 21 heavy (non-hydrogen) atoms. The summed E-state index contributed by atoms with van der Waals surface area (Å²) in [6.45, 7) is 5.66. The number of hydrogen-bond acceptors (Lipinski definition) is 4. The first-order valence-electron chi connectivity index (χ1n) is 7.57. The Kier molecular flexibility index (Phi) is 4.85. The van der Waals surface area contributed by atoms with Gasteiger partial charge >= 0.3 is 0 Å². The van der Waals surface area contributed by atoms with Gasteiger partial charge in [-0.25, -0.2) is 0 Å². The molecule has 5 heteroatoms. The van der Waals surface area contributed by atoms with Crippen LogP contribution in [-0.4, -0.2) is 67.8 Å². The van der Waals surface area contributed by atoms with Gasteiger partial charge < -0.3 is 14.4 Å². The molecule has 2 heterocycles. The molecule has 1 aromatic rings. The highest BCUT2D eigenvalue weighted by Crippen LogP contribution is 2.13. The largest absolute Gasteiger partial charge is 0.378 e. The minimum atomic E-state index is -0.333. The third-order valence-corrected chi connectivity index (χ3v) is 4.00. The number of hydrogen-bond donors (Lipinski definition) is 0. The van der Waals surface area contributed by atoms with Gasteiger partial charge in [-0.05, 0) is 5.56 Å². The molecule has 1 atom stereocenters. The van der Waals surface area contributed by atoms with E-state index in [0.717, 1.165) is 13.1 Å². The van der Waals surface area contributed by atoms with Gasteiger partial charge in [-0.15, -0.1) is 0 Å². The average molecular weight is 290 g/mol. The SMILES string of the molecule is O=C([C@@H]1CN(Cc2ccccc2)CCO1)N1CCOCC1. The second kappa shape index (κ2) is 7.02. The molecule has 114 valence electrons. The first kappa shape index (κ1) is 14.5. The lowest BCUT2D eigenvalue weighted by Gasteiger charge is -2.36. The van der Waals surface area contributed by atoms with Crippen LogP contribution in [0.2, 0.25) is 0 Å². The summed E-state index contributed by atoms with van der Waals surface area (Å²) in [5, 5.41) is 0. The fourth-order valence-corrected chi connectivity index (χ4v) is 2.82. The van der Waals surface area contributed by atoms with Gasteiger partial charge in [0.15, 0.2) is 0 Å². The highest BCUT2D eigenvalue weighted by atomic mass is 16.5. The summed E-state index contributed by atoms with van der Waals surface area (Å²) < 4.78 is 11.0. The van der Waals surface area contributed by atoms with Crippen LogP contribution in [0.5, 0.6) is 0 Å². The standard InChI is InChI=1S/C16H22N2O3/c19-16(18-7-9-20-10-8-18)15-13-17(6-11-21-15)12-14-4-2-1-3-5-14/h1-5,15H,6-13H2/t15-/m0/s1. The number of nitrogens with zero attached hydrogens (tertiary/aromatic N) is 2. The summed E-state index contributed by atoms with van der Waals surface area (Å²) in [5.41, 5.74) is 1.27. The zero-order chi connectivity index (χ0) is 14.5. The maximum atomic E-state index is 12.5. The van der Waals surface area contributed by atoms with Gasteiger partial charge in [-0.2, -0.15) is 0 Å². The Morgan fingerprint density at radius 3 is 2.62 bits per heavy atom. The Morgan fingerprint density at radius 1 is 1.10 bits per heavy atom. The molecule has 0 aliphatic carbocycles. The summed E-state index contributed by atoms with van der Waals surface area (Å²) in [6, 6.07) is 10.4. The molecule has 1 aromatic carbocycles. The van der Waals surface area contributed by atoms with Crippen molar-refractivity contribution in [3.05, 3.63) is 35.9 Å². The number of ether oxygens (including phenoxy) is 2. The van der Waals surface area contributed by atoms with Gasteiger partial charge in [0.2, 0.25) is 0 Å². The summed E-state index contributed by atoms with van der Waals surface area (Å²) in [7, 11) is 0. The van der Waals surface area contributed by atoms with E-state index >= 15 is 0 Å². The van der Waals surface area contributed by atoms with Crippen molar-refractivity contribution in [2.24, 2.45) is 0 Å². The zero-order valence-corrected chi connectivity index (χ0v) is 12.2. The predicted octanol–water partition coefficient (Wildman–Crippen LogP) is 0.746. The second-order valence-electron chi connectivity index (χ2n) is 5.52. The van der Waals surface area contributed by atoms with E-state index in [4.69, 9.17) is 9.47 Å². The van der Waals surface area contributed by atoms with E-state index in [1.165, 1.54) is 5.56 Å². The fourth-order valence-electron chi connectivity index (χ4n) is 2.82. The third kappa shape index (κ3) is 3.81. The molecule has 5 nitrogen and oxygen atoms in total. The average Bonchev–Trinajstić information content (AvgIpc) is 2.56. The van der Waals surface area contributed by atoms with E-state index in [1.807, 2.05) is 23.1 Å². The van der Waals surface area contributed by atoms with E-state index in [9.17, 15) is 4.79 Å². The highest BCUT2D eigenvalue weighted by molar-refractivity contribution is 5.81. The van der Waals surface area contributed by atoms with Crippen LogP contribution in [0.3, 0.4) is 0 Å². The van der Waals surface area contributed by atoms with Crippen LogP contribution in [0.15, 0.2) is 30.3 Å². The van der Waals surface area contributed by atoms with Crippen LogP contribution >= 0.6 is 0 Å². The van der Waals surface area contributed by atoms with Crippen molar-refractivity contribution >= 4 is 5.91 Å². The van der Waals surface area contributed by atoms with Crippen LogP contribution < -0.4 is 0 Å². The molecule has 2 aliphatic heterocycles. The Hall–Kier alpha value is -1.43. The molecule has 0 bridgehead atoms. The first-order chi connectivity index (χ1) is 10.3. The van der Waals surface area contributed by atoms with Crippen LogP contribution in [0.1, 0.15) is 5.56 Å². The molecular formula is C16H22N2O3. The van der Waals surface area contributed by atoms with Gasteiger partial charge in [0.1, 0.15) is 6.10 Å². The molecular weight excluding hydrogens is 268 g/mol. The summed E-state index contributed by atoms with van der Waals surface area (Å²) in [4.78, 5) is 16.6. The predicted molar refractivity (Wildman–Crippen MR) is 78.9 cm³/mol. The lowest BCUT2D eigenvalue weighted by Crippen LogP contribution is -2.53. The Balaban J connectivity index is 1.56. The van der Waals surface area contributed by atoms with E-state index in [1.54, 1.807) is 0 Å². The topological polar surface area (TPSA) is 42.0 Å². The van der Waals surface area contributed by atoms with Gasteiger partial charge in [0, 0.05) is 32.7 Å². The molecule has 0 aromatic heterocycles. The molecule has 3 rings (SSSR count). The molecule has 2 aliphatic rings. The Labute approximate surface area is 125 Å². The smallest absolute Gasteiger partial charge is 0.253 e. The van der Waals surface area contributed by atoms with Crippen molar-refractivity contribution in [2.75, 3.05) is 46.0 Å².